The number of hydrogen-bond acceptors (Lipinski definition) is 7. The van der Waals surface area contributed by atoms with Gasteiger partial charge in [0.25, 0.3) is 0 Å². The summed E-state index contributed by atoms with van der Waals surface area (Å²) in [7, 11) is -2.80. The number of methoxy groups -OCH3 is 1. The summed E-state index contributed by atoms with van der Waals surface area (Å²) in [6.45, 7) is 0.193. The maximum Gasteiger partial charge on any atom is 0.339 e. The normalized spacial score (nSPS) is 30.2. The zero-order valence-electron chi connectivity index (χ0n) is 12.3. The van der Waals surface area contributed by atoms with Crippen LogP contribution in [0.1, 0.15) is 10.4 Å². The molecule has 0 bridgehead atoms. The molecule has 2 N–H and O–H groups in total. The second kappa shape index (κ2) is 6.17. The third kappa shape index (κ3) is 2.98. The van der Waals surface area contributed by atoms with Crippen molar-refractivity contribution in [1.82, 2.24) is 4.72 Å². The van der Waals surface area contributed by atoms with Gasteiger partial charge in [-0.25, -0.2) is 17.9 Å². The zero-order valence-corrected chi connectivity index (χ0v) is 13.2. The first-order valence-corrected chi connectivity index (χ1v) is 8.53. The van der Waals surface area contributed by atoms with Crippen LogP contribution in [0.25, 0.3) is 0 Å². The fraction of sp³-hybridized carbons (Fsp3) is 0.500. The number of esters is 1. The van der Waals surface area contributed by atoms with Crippen LogP contribution in [0.4, 0.5) is 0 Å². The second-order valence-corrected chi connectivity index (χ2v) is 7.06. The molecule has 2 heterocycles. The number of sulfonamides is 1. The number of nitrogens with one attached hydrogen (secondary N) is 1. The molecule has 3 rings (SSSR count). The van der Waals surface area contributed by atoms with Gasteiger partial charge >= 0.3 is 5.97 Å². The van der Waals surface area contributed by atoms with Crippen LogP contribution in [0.3, 0.4) is 0 Å². The molecule has 0 unspecified atom stereocenters. The number of benzene rings is 1. The number of hydrogen-bond donors (Lipinski definition) is 2. The molecule has 1 aromatic rings. The molecule has 9 heteroatoms. The van der Waals surface area contributed by atoms with Gasteiger partial charge < -0.3 is 19.3 Å². The Labute approximate surface area is 133 Å². The molecular formula is C14H17NO7S. The lowest BCUT2D eigenvalue weighted by molar-refractivity contribution is 0.0181. The van der Waals surface area contributed by atoms with Gasteiger partial charge in [0, 0.05) is 0 Å². The molecule has 126 valence electrons. The summed E-state index contributed by atoms with van der Waals surface area (Å²) in [4.78, 5) is 11.6. The van der Waals surface area contributed by atoms with Crippen molar-refractivity contribution in [3.05, 3.63) is 29.8 Å². The standard InChI is InChI=1S/C14H17NO7S/c1-20-14(17)8-4-2-3-5-11(8)23(18,19)15-9-6-21-13-10(16)7-22-12(9)13/h2-5,9-10,12-13,15-16H,6-7H2,1H3/t9-,10-,12-,13-/m1/s1. The SMILES string of the molecule is COC(=O)c1ccccc1S(=O)(=O)N[C@@H]1CO[C@H]2[C@@H]1OC[C@H]2O. The summed E-state index contributed by atoms with van der Waals surface area (Å²) in [5.74, 6) is -0.737. The highest BCUT2D eigenvalue weighted by Crippen LogP contribution is 2.28. The first-order chi connectivity index (χ1) is 10.9. The van der Waals surface area contributed by atoms with E-state index < -0.39 is 40.3 Å². The maximum atomic E-state index is 12.6. The fourth-order valence-corrected chi connectivity index (χ4v) is 4.25. The van der Waals surface area contributed by atoms with Crippen LogP contribution >= 0.6 is 0 Å². The van der Waals surface area contributed by atoms with Crippen LogP contribution in [0.15, 0.2) is 29.2 Å². The molecule has 0 aromatic heterocycles. The Bertz CT molecular complexity index is 705. The van der Waals surface area contributed by atoms with Crippen LogP contribution in [-0.4, -0.2) is 64.2 Å². The van der Waals surface area contributed by atoms with Crippen molar-refractivity contribution in [3.63, 3.8) is 0 Å². The monoisotopic (exact) mass is 343 g/mol. The molecule has 2 saturated heterocycles. The molecule has 4 atom stereocenters. The molecule has 23 heavy (non-hydrogen) atoms. The number of carbonyl (C=O) groups is 1. The summed E-state index contributed by atoms with van der Waals surface area (Å²) in [6.07, 6.45) is -1.86. The van der Waals surface area contributed by atoms with Gasteiger partial charge in [-0.2, -0.15) is 0 Å². The van der Waals surface area contributed by atoms with Gasteiger partial charge in [0.05, 0.1) is 36.8 Å². The number of aliphatic hydroxyl groups excluding tert-OH is 1. The Balaban J connectivity index is 1.85. The molecule has 0 amide bonds. The summed E-state index contributed by atoms with van der Waals surface area (Å²) >= 11 is 0. The highest BCUT2D eigenvalue weighted by Gasteiger charge is 2.48. The largest absolute Gasteiger partial charge is 0.465 e. The molecule has 0 aliphatic carbocycles. The molecule has 0 saturated carbocycles. The Morgan fingerprint density at radius 3 is 2.70 bits per heavy atom. The first kappa shape index (κ1) is 16.3. The van der Waals surface area contributed by atoms with E-state index in [0.717, 1.165) is 0 Å². The number of carbonyl (C=O) groups excluding carboxylic acids is 1. The van der Waals surface area contributed by atoms with Crippen LogP contribution in [-0.2, 0) is 24.2 Å². The van der Waals surface area contributed by atoms with Crippen molar-refractivity contribution in [2.45, 2.75) is 29.2 Å². The van der Waals surface area contributed by atoms with E-state index in [1.165, 1.54) is 25.3 Å². The van der Waals surface area contributed by atoms with Gasteiger partial charge in [0.1, 0.15) is 18.3 Å². The van der Waals surface area contributed by atoms with E-state index in [1.54, 1.807) is 6.07 Å². The van der Waals surface area contributed by atoms with Gasteiger partial charge in [0.2, 0.25) is 10.0 Å². The topological polar surface area (TPSA) is 111 Å². The summed E-state index contributed by atoms with van der Waals surface area (Å²) in [6, 6.07) is 5.14. The highest BCUT2D eigenvalue weighted by molar-refractivity contribution is 7.89. The van der Waals surface area contributed by atoms with Gasteiger partial charge in [-0.1, -0.05) is 12.1 Å². The molecule has 2 aliphatic heterocycles. The summed E-state index contributed by atoms with van der Waals surface area (Å²) < 4.78 is 43.1. The Morgan fingerprint density at radius 1 is 1.26 bits per heavy atom. The van der Waals surface area contributed by atoms with Crippen molar-refractivity contribution in [2.75, 3.05) is 20.3 Å². The average molecular weight is 343 g/mol. The van der Waals surface area contributed by atoms with E-state index in [2.05, 4.69) is 9.46 Å². The van der Waals surface area contributed by atoms with Gasteiger partial charge in [0.15, 0.2) is 0 Å². The lowest BCUT2D eigenvalue weighted by atomic mass is 10.1. The smallest absolute Gasteiger partial charge is 0.339 e. The molecule has 2 aliphatic rings. The third-order valence-corrected chi connectivity index (χ3v) is 5.46. The molecule has 8 nitrogen and oxygen atoms in total. The molecule has 1 aromatic carbocycles. The van der Waals surface area contributed by atoms with E-state index in [0.29, 0.717) is 0 Å². The fourth-order valence-electron chi connectivity index (χ4n) is 2.82. The van der Waals surface area contributed by atoms with E-state index in [1.807, 2.05) is 0 Å². The van der Waals surface area contributed by atoms with Crippen molar-refractivity contribution in [2.24, 2.45) is 0 Å². The first-order valence-electron chi connectivity index (χ1n) is 7.05. The number of ether oxygens (including phenoxy) is 3. The van der Waals surface area contributed by atoms with Crippen molar-refractivity contribution in [1.29, 1.82) is 0 Å². The van der Waals surface area contributed by atoms with Crippen molar-refractivity contribution in [3.8, 4) is 0 Å². The number of aliphatic hydroxyl groups is 1. The second-order valence-electron chi connectivity index (χ2n) is 5.38. The summed E-state index contributed by atoms with van der Waals surface area (Å²) in [5.41, 5.74) is -0.0506. The lowest BCUT2D eigenvalue weighted by Crippen LogP contribution is -2.44. The minimum Gasteiger partial charge on any atom is -0.465 e. The molecule has 2 fully saturated rings. The quantitative estimate of drug-likeness (QED) is 0.694. The van der Waals surface area contributed by atoms with E-state index in [-0.39, 0.29) is 23.7 Å². The van der Waals surface area contributed by atoms with Gasteiger partial charge in [-0.05, 0) is 12.1 Å². The molecule has 0 spiro atoms. The van der Waals surface area contributed by atoms with Crippen LogP contribution in [0, 0.1) is 0 Å². The Morgan fingerprint density at radius 2 is 1.96 bits per heavy atom. The Hall–Kier alpha value is -1.52. The van der Waals surface area contributed by atoms with Crippen LogP contribution < -0.4 is 4.72 Å². The average Bonchev–Trinajstić information content (AvgIpc) is 3.10. The van der Waals surface area contributed by atoms with Crippen molar-refractivity contribution < 1.29 is 32.5 Å². The molecular weight excluding hydrogens is 326 g/mol. The number of fused-ring (bicyclic) bond motifs is 1. The molecule has 0 radical (unpaired) electrons. The van der Waals surface area contributed by atoms with E-state index in [4.69, 9.17) is 9.47 Å². The lowest BCUT2D eigenvalue weighted by Gasteiger charge is -2.18. The zero-order chi connectivity index (χ0) is 16.6. The third-order valence-electron chi connectivity index (χ3n) is 3.92. The van der Waals surface area contributed by atoms with Crippen LogP contribution in [0.2, 0.25) is 0 Å². The van der Waals surface area contributed by atoms with Gasteiger partial charge in [-0.15, -0.1) is 0 Å². The van der Waals surface area contributed by atoms with E-state index >= 15 is 0 Å². The predicted molar refractivity (Wildman–Crippen MR) is 77.4 cm³/mol. The highest BCUT2D eigenvalue weighted by atomic mass is 32.2. The minimum atomic E-state index is -3.98. The predicted octanol–water partition coefficient (Wildman–Crippen LogP) is -0.721. The van der Waals surface area contributed by atoms with Gasteiger partial charge in [-0.3, -0.25) is 0 Å². The maximum absolute atomic E-state index is 12.6. The number of rotatable bonds is 4. The Kier molecular flexibility index (Phi) is 4.39. The van der Waals surface area contributed by atoms with Crippen molar-refractivity contribution >= 4 is 16.0 Å². The van der Waals surface area contributed by atoms with Crippen LogP contribution in [0.5, 0.6) is 0 Å². The minimum absolute atomic E-state index is 0.0506. The van der Waals surface area contributed by atoms with E-state index in [9.17, 15) is 18.3 Å². The summed E-state index contributed by atoms with van der Waals surface area (Å²) in [5, 5.41) is 9.69.